The van der Waals surface area contributed by atoms with Crippen molar-refractivity contribution in [2.75, 3.05) is 0 Å². The number of nitrogens with zero attached hydrogens (tertiary/aromatic N) is 2. The van der Waals surface area contributed by atoms with Gasteiger partial charge in [-0.15, -0.1) is 11.6 Å². The summed E-state index contributed by atoms with van der Waals surface area (Å²) in [5, 5.41) is 0. The minimum atomic E-state index is -2.47. The van der Waals surface area contributed by atoms with Gasteiger partial charge in [0.05, 0.1) is 22.6 Å². The van der Waals surface area contributed by atoms with Gasteiger partial charge in [0.15, 0.2) is 0 Å². The van der Waals surface area contributed by atoms with Crippen LogP contribution in [-0.2, 0) is 5.88 Å². The Hall–Kier alpha value is -1.59. The third-order valence-electron chi connectivity index (χ3n) is 3.07. The molecule has 6 heteroatoms. The molecule has 1 heterocycles. The van der Waals surface area contributed by atoms with E-state index in [0.29, 0.717) is 28.2 Å². The van der Waals surface area contributed by atoms with Crippen molar-refractivity contribution in [1.82, 2.24) is 9.55 Å². The summed E-state index contributed by atoms with van der Waals surface area (Å²) in [4.78, 5) is 4.96. The average Bonchev–Trinajstić information content (AvgIpc) is 2.85. The van der Waals surface area contributed by atoms with Gasteiger partial charge in [-0.25, -0.2) is 4.98 Å². The molecule has 0 amide bonds. The molecular formula is C15H11ClF2N2S. The van der Waals surface area contributed by atoms with Gasteiger partial charge in [0.1, 0.15) is 5.82 Å². The van der Waals surface area contributed by atoms with Crippen molar-refractivity contribution < 1.29 is 8.78 Å². The molecule has 0 N–H and O–H groups in total. The molecule has 2 nitrogen and oxygen atoms in total. The fraction of sp³-hybridized carbons (Fsp3) is 0.133. The Kier molecular flexibility index (Phi) is 4.12. The van der Waals surface area contributed by atoms with E-state index in [2.05, 4.69) is 4.98 Å². The van der Waals surface area contributed by atoms with Crippen molar-refractivity contribution in [3.05, 3.63) is 54.4 Å². The minimum absolute atomic E-state index is 0.211. The first-order valence-electron chi connectivity index (χ1n) is 6.27. The zero-order valence-corrected chi connectivity index (χ0v) is 12.4. The lowest BCUT2D eigenvalue weighted by atomic mass is 10.3. The number of alkyl halides is 3. The topological polar surface area (TPSA) is 17.8 Å². The maximum atomic E-state index is 12.8. The first-order valence-corrected chi connectivity index (χ1v) is 7.68. The van der Waals surface area contributed by atoms with E-state index in [1.807, 2.05) is 34.9 Å². The molecule has 0 spiro atoms. The highest BCUT2D eigenvalue weighted by Gasteiger charge is 2.16. The van der Waals surface area contributed by atoms with Crippen LogP contribution >= 0.6 is 23.4 Å². The fourth-order valence-corrected chi connectivity index (χ4v) is 3.08. The second-order valence-electron chi connectivity index (χ2n) is 4.33. The van der Waals surface area contributed by atoms with E-state index in [9.17, 15) is 8.78 Å². The average molecular weight is 325 g/mol. The van der Waals surface area contributed by atoms with Crippen LogP contribution in [0, 0.1) is 0 Å². The van der Waals surface area contributed by atoms with Crippen LogP contribution in [0.5, 0.6) is 0 Å². The van der Waals surface area contributed by atoms with E-state index >= 15 is 0 Å². The number of hydrogen-bond acceptors (Lipinski definition) is 2. The molecule has 0 radical (unpaired) electrons. The molecule has 0 bridgehead atoms. The summed E-state index contributed by atoms with van der Waals surface area (Å²) in [6, 6.07) is 14.6. The van der Waals surface area contributed by atoms with Crippen molar-refractivity contribution in [3.8, 4) is 5.69 Å². The molecule has 0 unspecified atom stereocenters. The molecule has 3 aromatic rings. The first kappa shape index (κ1) is 14.4. The lowest BCUT2D eigenvalue weighted by Crippen LogP contribution is -2.01. The Morgan fingerprint density at radius 3 is 2.57 bits per heavy atom. The number of aromatic nitrogens is 2. The number of imidazole rings is 1. The number of hydrogen-bond donors (Lipinski definition) is 0. The Labute approximate surface area is 129 Å². The second-order valence-corrected chi connectivity index (χ2v) is 5.63. The number of halogens is 3. The zero-order valence-electron chi connectivity index (χ0n) is 10.8. The van der Waals surface area contributed by atoms with E-state index in [1.54, 1.807) is 18.2 Å². The predicted octanol–water partition coefficient (Wildman–Crippen LogP) is 5.08. The van der Waals surface area contributed by atoms with E-state index < -0.39 is 5.76 Å². The van der Waals surface area contributed by atoms with Crippen LogP contribution in [0.2, 0.25) is 0 Å². The van der Waals surface area contributed by atoms with Gasteiger partial charge in [-0.3, -0.25) is 4.57 Å². The molecule has 0 fully saturated rings. The molecule has 21 heavy (non-hydrogen) atoms. The van der Waals surface area contributed by atoms with Crippen molar-refractivity contribution >= 4 is 34.4 Å². The van der Waals surface area contributed by atoms with Crippen LogP contribution in [0.15, 0.2) is 53.4 Å². The van der Waals surface area contributed by atoms with Gasteiger partial charge in [-0.1, -0.05) is 36.0 Å². The van der Waals surface area contributed by atoms with Gasteiger partial charge in [-0.05, 0) is 24.3 Å². The normalized spacial score (nSPS) is 11.4. The molecule has 0 saturated carbocycles. The van der Waals surface area contributed by atoms with E-state index in [4.69, 9.17) is 11.6 Å². The largest absolute Gasteiger partial charge is 0.294 e. The van der Waals surface area contributed by atoms with E-state index in [0.717, 1.165) is 11.0 Å². The Morgan fingerprint density at radius 2 is 1.81 bits per heavy atom. The first-order chi connectivity index (χ1) is 10.2. The molecule has 0 aliphatic carbocycles. The smallest absolute Gasteiger partial charge is 0.288 e. The highest BCUT2D eigenvalue weighted by Crippen LogP contribution is 2.33. The van der Waals surface area contributed by atoms with Gasteiger partial charge >= 0.3 is 0 Å². The van der Waals surface area contributed by atoms with Crippen LogP contribution < -0.4 is 0 Å². The van der Waals surface area contributed by atoms with E-state index in [-0.39, 0.29) is 5.88 Å². The van der Waals surface area contributed by atoms with Gasteiger partial charge in [-0.2, -0.15) is 8.78 Å². The molecule has 3 rings (SSSR count). The second kappa shape index (κ2) is 6.03. The minimum Gasteiger partial charge on any atom is -0.294 e. The summed E-state index contributed by atoms with van der Waals surface area (Å²) in [7, 11) is 0. The Balaban J connectivity index is 2.25. The standard InChI is InChI=1S/C15H11ClF2N2S/c16-9-14-19-10-5-1-2-6-11(10)20(14)12-7-3-4-8-13(12)21-15(17)18/h1-8,15H,9H2. The van der Waals surface area contributed by atoms with Crippen LogP contribution in [0.1, 0.15) is 5.82 Å². The van der Waals surface area contributed by atoms with Crippen molar-refractivity contribution in [2.24, 2.45) is 0 Å². The summed E-state index contributed by atoms with van der Waals surface area (Å²) < 4.78 is 27.3. The van der Waals surface area contributed by atoms with Crippen LogP contribution in [-0.4, -0.2) is 15.3 Å². The quantitative estimate of drug-likeness (QED) is 0.492. The van der Waals surface area contributed by atoms with Crippen molar-refractivity contribution in [1.29, 1.82) is 0 Å². The Bertz CT molecular complexity index is 773. The van der Waals surface area contributed by atoms with Crippen molar-refractivity contribution in [3.63, 3.8) is 0 Å². The molecule has 2 aromatic carbocycles. The molecule has 0 aliphatic heterocycles. The zero-order chi connectivity index (χ0) is 14.8. The number of thioether (sulfide) groups is 1. The van der Waals surface area contributed by atoms with Gasteiger partial charge in [0.25, 0.3) is 5.76 Å². The summed E-state index contributed by atoms with van der Waals surface area (Å²) in [5.41, 5.74) is 2.33. The molecule has 1 aromatic heterocycles. The number of benzene rings is 2. The number of fused-ring (bicyclic) bond motifs is 1. The predicted molar refractivity (Wildman–Crippen MR) is 82.5 cm³/mol. The molecule has 0 saturated heterocycles. The van der Waals surface area contributed by atoms with Crippen LogP contribution in [0.3, 0.4) is 0 Å². The fourth-order valence-electron chi connectivity index (χ4n) is 2.27. The molecule has 108 valence electrons. The van der Waals surface area contributed by atoms with Crippen LogP contribution in [0.4, 0.5) is 8.78 Å². The van der Waals surface area contributed by atoms with E-state index in [1.165, 1.54) is 0 Å². The molecular weight excluding hydrogens is 314 g/mol. The SMILES string of the molecule is FC(F)Sc1ccccc1-n1c(CCl)nc2ccccc21. The van der Waals surface area contributed by atoms with Gasteiger partial charge < -0.3 is 0 Å². The molecule has 0 atom stereocenters. The van der Waals surface area contributed by atoms with Gasteiger partial charge in [0, 0.05) is 4.90 Å². The summed E-state index contributed by atoms with van der Waals surface area (Å²) in [6.07, 6.45) is 0. The molecule has 0 aliphatic rings. The third kappa shape index (κ3) is 2.76. The third-order valence-corrected chi connectivity index (χ3v) is 4.09. The van der Waals surface area contributed by atoms with Gasteiger partial charge in [0.2, 0.25) is 0 Å². The monoisotopic (exact) mass is 324 g/mol. The van der Waals surface area contributed by atoms with Crippen LogP contribution in [0.25, 0.3) is 16.7 Å². The lowest BCUT2D eigenvalue weighted by molar-refractivity contribution is 0.252. The van der Waals surface area contributed by atoms with Crippen molar-refractivity contribution in [2.45, 2.75) is 16.5 Å². The number of para-hydroxylation sites is 3. The highest BCUT2D eigenvalue weighted by molar-refractivity contribution is 7.99. The summed E-state index contributed by atoms with van der Waals surface area (Å²) >= 11 is 6.50. The lowest BCUT2D eigenvalue weighted by Gasteiger charge is -2.12. The maximum absolute atomic E-state index is 12.8. The number of rotatable bonds is 4. The summed E-state index contributed by atoms with van der Waals surface area (Å²) in [6.45, 7) is 0. The Morgan fingerprint density at radius 1 is 1.10 bits per heavy atom. The maximum Gasteiger partial charge on any atom is 0.288 e. The summed E-state index contributed by atoms with van der Waals surface area (Å²) in [5.74, 6) is -1.62. The highest BCUT2D eigenvalue weighted by atomic mass is 35.5.